The first-order valence-electron chi connectivity index (χ1n) is 5.86. The maximum Gasteiger partial charge on any atom is 0.251 e. The summed E-state index contributed by atoms with van der Waals surface area (Å²) >= 11 is 0. The standard InChI is InChI=1S/C14H17N3O/c1-9(2)15-16-11-5-6-13-12(8-11)10(3)7-14(18)17(13)4/h5-8,16H,1-4H3. The van der Waals surface area contributed by atoms with E-state index < -0.39 is 0 Å². The van der Waals surface area contributed by atoms with Gasteiger partial charge in [0.15, 0.2) is 0 Å². The van der Waals surface area contributed by atoms with Crippen molar-refractivity contribution in [2.24, 2.45) is 12.1 Å². The highest BCUT2D eigenvalue weighted by atomic mass is 16.1. The molecule has 0 saturated carbocycles. The van der Waals surface area contributed by atoms with Gasteiger partial charge in [-0.3, -0.25) is 10.2 Å². The average Bonchev–Trinajstić information content (AvgIpc) is 2.33. The number of benzene rings is 1. The molecule has 1 heterocycles. The summed E-state index contributed by atoms with van der Waals surface area (Å²) in [6.07, 6.45) is 0. The number of nitrogens with one attached hydrogen (secondary N) is 1. The van der Waals surface area contributed by atoms with E-state index in [4.69, 9.17) is 0 Å². The van der Waals surface area contributed by atoms with Crippen LogP contribution in [-0.4, -0.2) is 10.3 Å². The second-order valence-corrected chi connectivity index (χ2v) is 4.63. The van der Waals surface area contributed by atoms with Crippen LogP contribution in [0.25, 0.3) is 10.9 Å². The minimum absolute atomic E-state index is 0.0168. The van der Waals surface area contributed by atoms with E-state index in [1.54, 1.807) is 17.7 Å². The molecule has 0 aliphatic carbocycles. The highest BCUT2D eigenvalue weighted by Gasteiger charge is 2.04. The van der Waals surface area contributed by atoms with E-state index in [1.165, 1.54) is 0 Å². The van der Waals surface area contributed by atoms with Crippen molar-refractivity contribution < 1.29 is 0 Å². The molecule has 2 aromatic rings. The third-order valence-corrected chi connectivity index (χ3v) is 2.86. The Morgan fingerprint density at radius 3 is 2.67 bits per heavy atom. The lowest BCUT2D eigenvalue weighted by atomic mass is 10.1. The largest absolute Gasteiger partial charge is 0.311 e. The molecule has 0 bridgehead atoms. The molecule has 18 heavy (non-hydrogen) atoms. The molecule has 0 aliphatic heterocycles. The van der Waals surface area contributed by atoms with Gasteiger partial charge in [0.1, 0.15) is 0 Å². The molecule has 1 N–H and O–H groups in total. The van der Waals surface area contributed by atoms with Gasteiger partial charge in [-0.15, -0.1) is 0 Å². The minimum atomic E-state index is 0.0168. The molecule has 0 fully saturated rings. The van der Waals surface area contributed by atoms with Gasteiger partial charge in [-0.25, -0.2) is 0 Å². The van der Waals surface area contributed by atoms with Crippen molar-refractivity contribution >= 4 is 22.3 Å². The molecule has 0 saturated heterocycles. The van der Waals surface area contributed by atoms with Gasteiger partial charge in [-0.2, -0.15) is 5.10 Å². The van der Waals surface area contributed by atoms with E-state index in [9.17, 15) is 4.79 Å². The second-order valence-electron chi connectivity index (χ2n) is 4.63. The topological polar surface area (TPSA) is 46.4 Å². The van der Waals surface area contributed by atoms with Crippen LogP contribution in [0.4, 0.5) is 5.69 Å². The van der Waals surface area contributed by atoms with Crippen LogP contribution < -0.4 is 11.0 Å². The summed E-state index contributed by atoms with van der Waals surface area (Å²) in [5, 5.41) is 5.23. The summed E-state index contributed by atoms with van der Waals surface area (Å²) in [7, 11) is 1.78. The first kappa shape index (κ1) is 12.4. The number of aryl methyl sites for hydroxylation is 2. The first-order valence-corrected chi connectivity index (χ1v) is 5.86. The van der Waals surface area contributed by atoms with Crippen molar-refractivity contribution in [1.29, 1.82) is 0 Å². The molecule has 0 unspecified atom stereocenters. The van der Waals surface area contributed by atoms with E-state index in [2.05, 4.69) is 10.5 Å². The summed E-state index contributed by atoms with van der Waals surface area (Å²) < 4.78 is 1.65. The SMILES string of the molecule is CC(C)=NNc1ccc2c(c1)c(C)cc(=O)n2C. The van der Waals surface area contributed by atoms with Crippen LogP contribution in [0.5, 0.6) is 0 Å². The zero-order valence-corrected chi connectivity index (χ0v) is 11.1. The van der Waals surface area contributed by atoms with Crippen LogP contribution in [0.3, 0.4) is 0 Å². The van der Waals surface area contributed by atoms with Crippen molar-refractivity contribution in [3.8, 4) is 0 Å². The molecule has 4 nitrogen and oxygen atoms in total. The molecule has 1 aromatic heterocycles. The lowest BCUT2D eigenvalue weighted by molar-refractivity contribution is 0.903. The Morgan fingerprint density at radius 2 is 2.00 bits per heavy atom. The predicted octanol–water partition coefficient (Wildman–Crippen LogP) is 2.65. The molecular formula is C14H17N3O. The maximum absolute atomic E-state index is 11.7. The Balaban J connectivity index is 2.59. The van der Waals surface area contributed by atoms with Crippen molar-refractivity contribution in [3.63, 3.8) is 0 Å². The van der Waals surface area contributed by atoms with E-state index in [0.29, 0.717) is 0 Å². The summed E-state index contributed by atoms with van der Waals surface area (Å²) in [5.41, 5.74) is 6.82. The van der Waals surface area contributed by atoms with Crippen molar-refractivity contribution in [2.75, 3.05) is 5.43 Å². The number of pyridine rings is 1. The first-order chi connectivity index (χ1) is 8.49. The van der Waals surface area contributed by atoms with Gasteiger partial charge < -0.3 is 4.57 Å². The van der Waals surface area contributed by atoms with Crippen LogP contribution in [0.15, 0.2) is 34.2 Å². The predicted molar refractivity (Wildman–Crippen MR) is 76.3 cm³/mol. The average molecular weight is 243 g/mol. The molecule has 4 heteroatoms. The van der Waals surface area contributed by atoms with Gasteiger partial charge in [0.2, 0.25) is 0 Å². The maximum atomic E-state index is 11.7. The molecular weight excluding hydrogens is 226 g/mol. The lowest BCUT2D eigenvalue weighted by Crippen LogP contribution is -2.16. The van der Waals surface area contributed by atoms with Crippen molar-refractivity contribution in [1.82, 2.24) is 4.57 Å². The number of hydrogen-bond donors (Lipinski definition) is 1. The Kier molecular flexibility index (Phi) is 3.19. The monoisotopic (exact) mass is 243 g/mol. The van der Waals surface area contributed by atoms with Gasteiger partial charge in [-0.05, 0) is 44.5 Å². The van der Waals surface area contributed by atoms with Gasteiger partial charge in [0, 0.05) is 24.2 Å². The van der Waals surface area contributed by atoms with Crippen LogP contribution in [-0.2, 0) is 7.05 Å². The van der Waals surface area contributed by atoms with E-state index in [-0.39, 0.29) is 5.56 Å². The normalized spacial score (nSPS) is 10.4. The quantitative estimate of drug-likeness (QED) is 0.651. The number of nitrogens with zero attached hydrogens (tertiary/aromatic N) is 2. The number of fused-ring (bicyclic) bond motifs is 1. The second kappa shape index (κ2) is 4.64. The van der Waals surface area contributed by atoms with Crippen LogP contribution in [0.1, 0.15) is 19.4 Å². The number of hydrogen-bond acceptors (Lipinski definition) is 3. The van der Waals surface area contributed by atoms with Gasteiger partial charge >= 0.3 is 0 Å². The van der Waals surface area contributed by atoms with Crippen molar-refractivity contribution in [2.45, 2.75) is 20.8 Å². The summed E-state index contributed by atoms with van der Waals surface area (Å²) in [5.74, 6) is 0. The summed E-state index contributed by atoms with van der Waals surface area (Å²) in [4.78, 5) is 11.7. The molecule has 0 atom stereocenters. The molecule has 0 spiro atoms. The van der Waals surface area contributed by atoms with Crippen LogP contribution in [0.2, 0.25) is 0 Å². The Bertz CT molecular complexity index is 679. The summed E-state index contributed by atoms with van der Waals surface area (Å²) in [6, 6.07) is 7.53. The lowest BCUT2D eigenvalue weighted by Gasteiger charge is -2.09. The third kappa shape index (κ3) is 2.27. The Hall–Kier alpha value is -2.10. The zero-order valence-electron chi connectivity index (χ0n) is 11.1. The fourth-order valence-corrected chi connectivity index (χ4v) is 1.87. The van der Waals surface area contributed by atoms with Crippen LogP contribution >= 0.6 is 0 Å². The third-order valence-electron chi connectivity index (χ3n) is 2.86. The van der Waals surface area contributed by atoms with E-state index >= 15 is 0 Å². The Labute approximate surface area is 106 Å². The number of hydrazone groups is 1. The highest BCUT2D eigenvalue weighted by Crippen LogP contribution is 2.20. The molecule has 0 radical (unpaired) electrons. The summed E-state index contributed by atoms with van der Waals surface area (Å²) in [6.45, 7) is 5.81. The number of aromatic nitrogens is 1. The fraction of sp³-hybridized carbons (Fsp3) is 0.286. The molecule has 1 aromatic carbocycles. The molecule has 0 aliphatic rings. The number of anilines is 1. The van der Waals surface area contributed by atoms with Crippen LogP contribution in [0, 0.1) is 6.92 Å². The smallest absolute Gasteiger partial charge is 0.251 e. The van der Waals surface area contributed by atoms with Crippen molar-refractivity contribution in [3.05, 3.63) is 40.2 Å². The number of rotatable bonds is 2. The van der Waals surface area contributed by atoms with Gasteiger partial charge in [0.05, 0.1) is 11.2 Å². The fourth-order valence-electron chi connectivity index (χ4n) is 1.87. The minimum Gasteiger partial charge on any atom is -0.311 e. The van der Waals surface area contributed by atoms with E-state index in [0.717, 1.165) is 27.9 Å². The molecule has 94 valence electrons. The molecule has 2 rings (SSSR count). The zero-order chi connectivity index (χ0) is 13.3. The highest BCUT2D eigenvalue weighted by molar-refractivity contribution is 5.86. The van der Waals surface area contributed by atoms with Gasteiger partial charge in [-0.1, -0.05) is 0 Å². The molecule has 0 amide bonds. The Morgan fingerprint density at radius 1 is 1.28 bits per heavy atom. The van der Waals surface area contributed by atoms with E-state index in [1.807, 2.05) is 39.0 Å². The van der Waals surface area contributed by atoms with Gasteiger partial charge in [0.25, 0.3) is 5.56 Å².